The van der Waals surface area contributed by atoms with Crippen molar-refractivity contribution in [2.45, 2.75) is 58.6 Å². The third kappa shape index (κ3) is 4.77. The number of esters is 1. The molecule has 1 amide bonds. The summed E-state index contributed by atoms with van der Waals surface area (Å²) in [5.74, 6) is -0.418. The van der Waals surface area contributed by atoms with Gasteiger partial charge in [-0.15, -0.1) is 0 Å². The molecule has 4 rings (SSSR count). The van der Waals surface area contributed by atoms with Gasteiger partial charge in [-0.05, 0) is 70.2 Å². The molecule has 7 heteroatoms. The Hall–Kier alpha value is -3.61. The van der Waals surface area contributed by atoms with Crippen LogP contribution in [0.25, 0.3) is 11.0 Å². The van der Waals surface area contributed by atoms with Crippen LogP contribution in [0.5, 0.6) is 5.75 Å². The van der Waals surface area contributed by atoms with E-state index < -0.39 is 23.7 Å². The Kier molecular flexibility index (Phi) is 5.97. The van der Waals surface area contributed by atoms with Crippen molar-refractivity contribution in [2.24, 2.45) is 0 Å². The zero-order chi connectivity index (χ0) is 23.8. The Balaban J connectivity index is 1.65. The van der Waals surface area contributed by atoms with E-state index in [2.05, 4.69) is 5.32 Å². The van der Waals surface area contributed by atoms with Crippen molar-refractivity contribution in [3.05, 3.63) is 75.1 Å². The van der Waals surface area contributed by atoms with Gasteiger partial charge in [0.05, 0.1) is 0 Å². The molecule has 1 atom stereocenters. The second-order valence-corrected chi connectivity index (χ2v) is 9.18. The van der Waals surface area contributed by atoms with E-state index in [1.807, 2.05) is 12.1 Å². The molecule has 0 aliphatic heterocycles. The average Bonchev–Trinajstić information content (AvgIpc) is 3.25. The molecular weight excluding hydrogens is 422 g/mol. The summed E-state index contributed by atoms with van der Waals surface area (Å²) >= 11 is 0. The lowest BCUT2D eigenvalue weighted by atomic mass is 10.0. The van der Waals surface area contributed by atoms with Gasteiger partial charge in [-0.1, -0.05) is 30.3 Å². The van der Waals surface area contributed by atoms with Crippen molar-refractivity contribution >= 4 is 23.0 Å². The van der Waals surface area contributed by atoms with Crippen molar-refractivity contribution in [3.63, 3.8) is 0 Å². The molecule has 1 aliphatic carbocycles. The zero-order valence-corrected chi connectivity index (χ0v) is 19.2. The summed E-state index contributed by atoms with van der Waals surface area (Å²) < 4.78 is 16.6. The zero-order valence-electron chi connectivity index (χ0n) is 19.2. The van der Waals surface area contributed by atoms with Gasteiger partial charge in [0.15, 0.2) is 6.04 Å². The Morgan fingerprint density at radius 3 is 2.42 bits per heavy atom. The Bertz CT molecular complexity index is 1270. The van der Waals surface area contributed by atoms with E-state index in [9.17, 15) is 14.4 Å². The lowest BCUT2D eigenvalue weighted by molar-refractivity contribution is -0.137. The van der Waals surface area contributed by atoms with Gasteiger partial charge in [-0.2, -0.15) is 0 Å². The summed E-state index contributed by atoms with van der Waals surface area (Å²) in [4.78, 5) is 38.0. The fourth-order valence-corrected chi connectivity index (χ4v) is 4.09. The summed E-state index contributed by atoms with van der Waals surface area (Å²) in [6.07, 6.45) is 1.74. The molecule has 0 radical (unpaired) electrons. The Morgan fingerprint density at radius 1 is 1.03 bits per heavy atom. The van der Waals surface area contributed by atoms with E-state index in [0.717, 1.165) is 35.8 Å². The third-order valence-corrected chi connectivity index (χ3v) is 5.58. The molecular formula is C26H27NO6. The monoisotopic (exact) mass is 449 g/mol. The summed E-state index contributed by atoms with van der Waals surface area (Å²) in [5.41, 5.74) is 2.21. The Labute approximate surface area is 191 Å². The quantitative estimate of drug-likeness (QED) is 0.351. The number of ether oxygens (including phenoxy) is 2. The first-order chi connectivity index (χ1) is 15.6. The first kappa shape index (κ1) is 22.6. The molecule has 1 aliphatic rings. The number of benzene rings is 2. The average molecular weight is 450 g/mol. The molecule has 0 saturated carbocycles. The van der Waals surface area contributed by atoms with Gasteiger partial charge >= 0.3 is 17.7 Å². The smallest absolute Gasteiger partial charge is 0.408 e. The molecule has 172 valence electrons. The van der Waals surface area contributed by atoms with Gasteiger partial charge in [0, 0.05) is 16.5 Å². The molecule has 0 spiro atoms. The highest BCUT2D eigenvalue weighted by molar-refractivity contribution is 5.89. The minimum atomic E-state index is -1.08. The van der Waals surface area contributed by atoms with Crippen LogP contribution < -0.4 is 15.7 Å². The van der Waals surface area contributed by atoms with Crippen LogP contribution in [0.1, 0.15) is 55.5 Å². The molecule has 1 heterocycles. The minimum Gasteiger partial charge on any atom is -0.444 e. The lowest BCUT2D eigenvalue weighted by Crippen LogP contribution is -2.39. The number of aryl methyl sites for hydroxylation is 2. The number of rotatable bonds is 4. The number of amides is 1. The molecule has 3 aromatic rings. The van der Waals surface area contributed by atoms with E-state index in [0.29, 0.717) is 16.7 Å². The highest BCUT2D eigenvalue weighted by atomic mass is 16.6. The number of carbonyl (C=O) groups excluding carboxylic acids is 2. The number of hydrogen-bond donors (Lipinski definition) is 1. The molecule has 0 bridgehead atoms. The second-order valence-electron chi connectivity index (χ2n) is 9.18. The van der Waals surface area contributed by atoms with Gasteiger partial charge in [0.2, 0.25) is 0 Å². The van der Waals surface area contributed by atoms with Crippen LogP contribution in [0.3, 0.4) is 0 Å². The standard InChI is InChI=1S/C26H27NO6/c1-15-20(14-13-18-17-11-8-12-19(17)23(28)32-22(15)18)31-24(29)21(16-9-6-5-7-10-16)27-25(30)33-26(2,3)4/h5-7,9-10,13-14,21H,8,11-12H2,1-4H3,(H,27,30)/t21-/m1/s1. The van der Waals surface area contributed by atoms with Crippen LogP contribution in [-0.4, -0.2) is 17.7 Å². The highest BCUT2D eigenvalue weighted by Gasteiger charge is 2.29. The fourth-order valence-electron chi connectivity index (χ4n) is 4.09. The van der Waals surface area contributed by atoms with Crippen molar-refractivity contribution in [3.8, 4) is 5.75 Å². The van der Waals surface area contributed by atoms with Crippen molar-refractivity contribution < 1.29 is 23.5 Å². The topological polar surface area (TPSA) is 94.8 Å². The number of fused-ring (bicyclic) bond motifs is 3. The molecule has 7 nitrogen and oxygen atoms in total. The molecule has 0 saturated heterocycles. The molecule has 2 aromatic carbocycles. The maximum Gasteiger partial charge on any atom is 0.408 e. The highest BCUT2D eigenvalue weighted by Crippen LogP contribution is 2.33. The second kappa shape index (κ2) is 8.73. The molecule has 0 fully saturated rings. The lowest BCUT2D eigenvalue weighted by Gasteiger charge is -2.23. The first-order valence-corrected chi connectivity index (χ1v) is 11.0. The van der Waals surface area contributed by atoms with E-state index >= 15 is 0 Å². The molecule has 1 aromatic heterocycles. The number of nitrogens with one attached hydrogen (secondary N) is 1. The van der Waals surface area contributed by atoms with Crippen molar-refractivity contribution in [1.82, 2.24) is 5.32 Å². The number of alkyl carbamates (subject to hydrolysis) is 1. The maximum absolute atomic E-state index is 13.2. The molecule has 0 unspecified atom stereocenters. The Morgan fingerprint density at radius 2 is 1.73 bits per heavy atom. The van der Waals surface area contributed by atoms with Crippen LogP contribution in [0.15, 0.2) is 51.7 Å². The van der Waals surface area contributed by atoms with Crippen LogP contribution >= 0.6 is 0 Å². The van der Waals surface area contributed by atoms with E-state index in [-0.39, 0.29) is 11.4 Å². The number of carbonyl (C=O) groups is 2. The summed E-state index contributed by atoms with van der Waals surface area (Å²) in [7, 11) is 0. The maximum atomic E-state index is 13.2. The predicted octanol–water partition coefficient (Wildman–Crippen LogP) is 4.76. The van der Waals surface area contributed by atoms with Gasteiger partial charge < -0.3 is 19.2 Å². The largest absolute Gasteiger partial charge is 0.444 e. The van der Waals surface area contributed by atoms with E-state index in [4.69, 9.17) is 13.9 Å². The summed E-state index contributed by atoms with van der Waals surface area (Å²) in [6.45, 7) is 6.97. The van der Waals surface area contributed by atoms with Crippen molar-refractivity contribution in [1.29, 1.82) is 0 Å². The SMILES string of the molecule is Cc1c(OC(=O)[C@H](NC(=O)OC(C)(C)C)c2ccccc2)ccc2c3c(c(=O)oc12)CCC3. The number of hydrogen-bond acceptors (Lipinski definition) is 6. The predicted molar refractivity (Wildman–Crippen MR) is 123 cm³/mol. The van der Waals surface area contributed by atoms with Crippen molar-refractivity contribution in [2.75, 3.05) is 0 Å². The van der Waals surface area contributed by atoms with Gasteiger partial charge in [-0.25, -0.2) is 14.4 Å². The normalized spacial score (nSPS) is 13.9. The van der Waals surface area contributed by atoms with Gasteiger partial charge in [0.1, 0.15) is 16.9 Å². The fraction of sp³-hybridized carbons (Fsp3) is 0.346. The van der Waals surface area contributed by atoms with Crippen LogP contribution in [0, 0.1) is 6.92 Å². The van der Waals surface area contributed by atoms with Gasteiger partial charge in [0.25, 0.3) is 0 Å². The van der Waals surface area contributed by atoms with Crippen LogP contribution in [0.2, 0.25) is 0 Å². The minimum absolute atomic E-state index is 0.264. The summed E-state index contributed by atoms with van der Waals surface area (Å²) in [6, 6.07) is 11.2. The van der Waals surface area contributed by atoms with Gasteiger partial charge in [-0.3, -0.25) is 0 Å². The van der Waals surface area contributed by atoms with E-state index in [1.165, 1.54) is 0 Å². The van der Waals surface area contributed by atoms with Crippen LogP contribution in [0.4, 0.5) is 4.79 Å². The van der Waals surface area contributed by atoms with E-state index in [1.54, 1.807) is 58.0 Å². The third-order valence-electron chi connectivity index (χ3n) is 5.58. The summed E-state index contributed by atoms with van der Waals surface area (Å²) in [5, 5.41) is 3.47. The van der Waals surface area contributed by atoms with Crippen LogP contribution in [-0.2, 0) is 22.4 Å². The molecule has 1 N–H and O–H groups in total. The first-order valence-electron chi connectivity index (χ1n) is 11.0. The molecule has 33 heavy (non-hydrogen) atoms.